The third-order valence-corrected chi connectivity index (χ3v) is 4.83. The first-order valence-corrected chi connectivity index (χ1v) is 8.35. The van der Waals surface area contributed by atoms with Crippen molar-refractivity contribution in [3.05, 3.63) is 16.1 Å². The maximum Gasteiger partial charge on any atom is 0.107 e. The van der Waals surface area contributed by atoms with Crippen LogP contribution >= 0.6 is 74.0 Å². The van der Waals surface area contributed by atoms with Crippen molar-refractivity contribution in [3.8, 4) is 0 Å². The molecule has 2 rings (SSSR count). The molecule has 0 amide bonds. The Morgan fingerprint density at radius 2 is 1.90 bits per heavy atom. The van der Waals surface area contributed by atoms with Gasteiger partial charge >= 0.3 is 0 Å². The van der Waals surface area contributed by atoms with Gasteiger partial charge in [0.05, 0.1) is 12.2 Å². The summed E-state index contributed by atoms with van der Waals surface area (Å²) in [5, 5.41) is 3.47. The van der Waals surface area contributed by atoms with Crippen LogP contribution in [0.1, 0.15) is 30.0 Å². The number of piperidine rings is 1. The van der Waals surface area contributed by atoms with E-state index in [-0.39, 0.29) is 50.9 Å². The fourth-order valence-corrected chi connectivity index (χ4v) is 3.67. The SMILES string of the molecule is Br.Br.Br.NCCSCc1csc(CN2CCCCC2)n1. The van der Waals surface area contributed by atoms with Gasteiger partial charge < -0.3 is 5.73 Å². The number of hydrogen-bond acceptors (Lipinski definition) is 5. The van der Waals surface area contributed by atoms with Gasteiger partial charge in [0.2, 0.25) is 0 Å². The Morgan fingerprint density at radius 3 is 2.55 bits per heavy atom. The number of hydrogen-bond donors (Lipinski definition) is 1. The van der Waals surface area contributed by atoms with E-state index < -0.39 is 0 Å². The van der Waals surface area contributed by atoms with Crippen molar-refractivity contribution in [3.63, 3.8) is 0 Å². The van der Waals surface area contributed by atoms with E-state index in [1.807, 2.05) is 11.8 Å². The first-order valence-electron chi connectivity index (χ1n) is 6.32. The van der Waals surface area contributed by atoms with Crippen LogP contribution in [0.15, 0.2) is 5.38 Å². The molecule has 0 radical (unpaired) electrons. The summed E-state index contributed by atoms with van der Waals surface area (Å²) in [7, 11) is 0. The Morgan fingerprint density at radius 1 is 1.20 bits per heavy atom. The molecule has 0 aliphatic carbocycles. The molecule has 0 aromatic carbocycles. The lowest BCUT2D eigenvalue weighted by Gasteiger charge is -2.25. The van der Waals surface area contributed by atoms with Crippen LogP contribution in [0.5, 0.6) is 0 Å². The van der Waals surface area contributed by atoms with E-state index in [4.69, 9.17) is 10.7 Å². The second kappa shape index (κ2) is 14.0. The molecule has 1 aromatic heterocycles. The normalized spacial score (nSPS) is 14.8. The van der Waals surface area contributed by atoms with E-state index in [0.29, 0.717) is 0 Å². The quantitative estimate of drug-likeness (QED) is 0.583. The molecule has 0 atom stereocenters. The maximum absolute atomic E-state index is 5.48. The van der Waals surface area contributed by atoms with Crippen molar-refractivity contribution in [1.82, 2.24) is 9.88 Å². The van der Waals surface area contributed by atoms with Crippen LogP contribution in [-0.4, -0.2) is 35.3 Å². The van der Waals surface area contributed by atoms with Gasteiger partial charge in [-0.2, -0.15) is 11.8 Å². The van der Waals surface area contributed by atoms with E-state index in [9.17, 15) is 0 Å². The van der Waals surface area contributed by atoms with E-state index >= 15 is 0 Å². The summed E-state index contributed by atoms with van der Waals surface area (Å²) in [6, 6.07) is 0. The van der Waals surface area contributed by atoms with Crippen LogP contribution in [0.2, 0.25) is 0 Å². The number of thioether (sulfide) groups is 1. The fraction of sp³-hybridized carbons (Fsp3) is 0.750. The van der Waals surface area contributed by atoms with Crippen LogP contribution in [0.3, 0.4) is 0 Å². The van der Waals surface area contributed by atoms with Gasteiger partial charge in [-0.1, -0.05) is 6.42 Å². The molecule has 8 heteroatoms. The molecule has 3 nitrogen and oxygen atoms in total. The van der Waals surface area contributed by atoms with E-state index in [1.54, 1.807) is 11.3 Å². The second-order valence-corrected chi connectivity index (χ2v) is 6.46. The minimum atomic E-state index is 0. The lowest BCUT2D eigenvalue weighted by atomic mass is 10.1. The van der Waals surface area contributed by atoms with Crippen molar-refractivity contribution >= 4 is 74.0 Å². The molecule has 2 heterocycles. The molecular formula is C12H24Br3N3S2. The Bertz CT molecular complexity index is 334. The highest BCUT2D eigenvalue weighted by molar-refractivity contribution is 8.93. The van der Waals surface area contributed by atoms with Crippen molar-refractivity contribution in [1.29, 1.82) is 0 Å². The number of nitrogens with two attached hydrogens (primary N) is 1. The molecule has 0 saturated carbocycles. The van der Waals surface area contributed by atoms with Gasteiger partial charge in [0.15, 0.2) is 0 Å². The zero-order valence-electron chi connectivity index (χ0n) is 11.5. The van der Waals surface area contributed by atoms with Gasteiger partial charge in [-0.05, 0) is 25.9 Å². The average Bonchev–Trinajstić information content (AvgIpc) is 2.79. The van der Waals surface area contributed by atoms with Crippen molar-refractivity contribution < 1.29 is 0 Å². The molecule has 1 aliphatic rings. The highest BCUT2D eigenvalue weighted by Crippen LogP contribution is 2.18. The lowest BCUT2D eigenvalue weighted by molar-refractivity contribution is 0.220. The van der Waals surface area contributed by atoms with Crippen molar-refractivity contribution in [2.24, 2.45) is 5.73 Å². The summed E-state index contributed by atoms with van der Waals surface area (Å²) in [6.45, 7) is 4.30. The van der Waals surface area contributed by atoms with Crippen molar-refractivity contribution in [2.45, 2.75) is 31.6 Å². The van der Waals surface area contributed by atoms with Gasteiger partial charge in [-0.25, -0.2) is 4.98 Å². The molecule has 0 spiro atoms. The Labute approximate surface area is 161 Å². The number of halogens is 3. The van der Waals surface area contributed by atoms with E-state index in [2.05, 4.69) is 10.3 Å². The Balaban J connectivity index is 0. The molecule has 1 aromatic rings. The first-order chi connectivity index (χ1) is 8.38. The van der Waals surface area contributed by atoms with E-state index in [1.165, 1.54) is 43.1 Å². The summed E-state index contributed by atoms with van der Waals surface area (Å²) in [6.07, 6.45) is 4.10. The standard InChI is InChI=1S/C12H21N3S2.3BrH/c13-4-7-16-9-11-10-17-12(14-11)8-15-5-2-1-3-6-15;;;/h10H,1-9,13H2;3*1H. The van der Waals surface area contributed by atoms with Gasteiger partial charge in [-0.15, -0.1) is 62.3 Å². The van der Waals surface area contributed by atoms with Gasteiger partial charge in [0, 0.05) is 23.4 Å². The number of thiazole rings is 1. The van der Waals surface area contributed by atoms with E-state index in [0.717, 1.165) is 24.6 Å². The number of rotatable bonds is 6. The second-order valence-electron chi connectivity index (χ2n) is 4.41. The average molecular weight is 514 g/mol. The number of aromatic nitrogens is 1. The lowest BCUT2D eigenvalue weighted by Crippen LogP contribution is -2.29. The zero-order valence-corrected chi connectivity index (χ0v) is 18.2. The zero-order chi connectivity index (χ0) is 11.9. The van der Waals surface area contributed by atoms with Crippen LogP contribution in [0, 0.1) is 0 Å². The third kappa shape index (κ3) is 8.70. The van der Waals surface area contributed by atoms with Gasteiger partial charge in [-0.3, -0.25) is 4.90 Å². The highest BCUT2D eigenvalue weighted by atomic mass is 79.9. The Kier molecular flexibility index (Phi) is 16.5. The van der Waals surface area contributed by atoms with Crippen LogP contribution in [0.25, 0.3) is 0 Å². The minimum absolute atomic E-state index is 0. The predicted octanol–water partition coefficient (Wildman–Crippen LogP) is 4.05. The fourth-order valence-electron chi connectivity index (χ4n) is 2.06. The molecule has 1 fully saturated rings. The number of likely N-dealkylation sites (tertiary alicyclic amines) is 1. The summed E-state index contributed by atoms with van der Waals surface area (Å²) in [4.78, 5) is 7.22. The molecular weight excluding hydrogens is 490 g/mol. The molecule has 120 valence electrons. The molecule has 0 bridgehead atoms. The Hall–Kier alpha value is 1.34. The smallest absolute Gasteiger partial charge is 0.107 e. The molecule has 1 saturated heterocycles. The van der Waals surface area contributed by atoms with Crippen LogP contribution in [-0.2, 0) is 12.3 Å². The van der Waals surface area contributed by atoms with Gasteiger partial charge in [0.1, 0.15) is 5.01 Å². The largest absolute Gasteiger partial charge is 0.330 e. The third-order valence-electron chi connectivity index (χ3n) is 2.92. The topological polar surface area (TPSA) is 42.1 Å². The van der Waals surface area contributed by atoms with Crippen LogP contribution in [0.4, 0.5) is 0 Å². The monoisotopic (exact) mass is 511 g/mol. The minimum Gasteiger partial charge on any atom is -0.330 e. The molecule has 2 N–H and O–H groups in total. The number of nitrogens with zero attached hydrogens (tertiary/aromatic N) is 2. The predicted molar refractivity (Wildman–Crippen MR) is 107 cm³/mol. The summed E-state index contributed by atoms with van der Waals surface area (Å²) >= 11 is 3.68. The van der Waals surface area contributed by atoms with Crippen molar-refractivity contribution in [2.75, 3.05) is 25.4 Å². The molecule has 1 aliphatic heterocycles. The molecule has 20 heavy (non-hydrogen) atoms. The summed E-state index contributed by atoms with van der Waals surface area (Å²) in [5.74, 6) is 2.03. The molecule has 0 unspecified atom stereocenters. The summed E-state index contributed by atoms with van der Waals surface area (Å²) in [5.41, 5.74) is 6.70. The van der Waals surface area contributed by atoms with Crippen LogP contribution < -0.4 is 5.73 Å². The van der Waals surface area contributed by atoms with Gasteiger partial charge in [0.25, 0.3) is 0 Å². The maximum atomic E-state index is 5.48. The summed E-state index contributed by atoms with van der Waals surface area (Å²) < 4.78 is 0. The first kappa shape index (κ1) is 23.6. The highest BCUT2D eigenvalue weighted by Gasteiger charge is 2.12.